The van der Waals surface area contributed by atoms with Crippen molar-refractivity contribution in [3.05, 3.63) is 71.3 Å². The van der Waals surface area contributed by atoms with Crippen molar-refractivity contribution in [2.24, 2.45) is 0 Å². The molecule has 35 heavy (non-hydrogen) atoms. The Labute approximate surface area is 200 Å². The van der Waals surface area contributed by atoms with Crippen molar-refractivity contribution in [1.29, 1.82) is 0 Å². The first kappa shape index (κ1) is 23.1. The standard InChI is InChI=1S/C26H26F3N5O/c1-16-31-21-11-5-17(14-22(21)32-16)6-12-24(35)34-13-3-2-4-23(34)25-20(15-30-33-25)18-7-9-19(10-8-18)26(27,28)29/h5,7-11,14-15,23H,2-4,6,12-13H2,1H3,(H,30,33)(H,31,32). The van der Waals surface area contributed by atoms with Gasteiger partial charge in [-0.05, 0) is 68.0 Å². The van der Waals surface area contributed by atoms with Gasteiger partial charge in [0.25, 0.3) is 0 Å². The van der Waals surface area contributed by atoms with Crippen LogP contribution in [0.2, 0.25) is 0 Å². The van der Waals surface area contributed by atoms with E-state index in [-0.39, 0.29) is 11.9 Å². The number of likely N-dealkylation sites (tertiary alicyclic amines) is 1. The average molecular weight is 482 g/mol. The number of amides is 1. The summed E-state index contributed by atoms with van der Waals surface area (Å²) in [6, 6.07) is 10.9. The summed E-state index contributed by atoms with van der Waals surface area (Å²) in [4.78, 5) is 22.8. The van der Waals surface area contributed by atoms with E-state index in [0.29, 0.717) is 24.9 Å². The number of rotatable bonds is 5. The first-order valence-electron chi connectivity index (χ1n) is 11.8. The van der Waals surface area contributed by atoms with E-state index in [0.717, 1.165) is 65.1 Å². The Morgan fingerprint density at radius 2 is 1.94 bits per heavy atom. The zero-order chi connectivity index (χ0) is 24.6. The van der Waals surface area contributed by atoms with E-state index in [2.05, 4.69) is 20.2 Å². The molecule has 3 heterocycles. The predicted octanol–water partition coefficient (Wildman–Crippen LogP) is 5.97. The fourth-order valence-electron chi connectivity index (χ4n) is 4.88. The van der Waals surface area contributed by atoms with Crippen LogP contribution in [0.25, 0.3) is 22.2 Å². The molecule has 0 aliphatic carbocycles. The van der Waals surface area contributed by atoms with E-state index in [1.54, 1.807) is 6.20 Å². The molecular formula is C26H26F3N5O. The van der Waals surface area contributed by atoms with Crippen molar-refractivity contribution in [2.45, 2.75) is 51.2 Å². The highest BCUT2D eigenvalue weighted by Crippen LogP contribution is 2.37. The topological polar surface area (TPSA) is 77.7 Å². The highest BCUT2D eigenvalue weighted by molar-refractivity contribution is 5.79. The highest BCUT2D eigenvalue weighted by atomic mass is 19.4. The monoisotopic (exact) mass is 481 g/mol. The number of carbonyl (C=O) groups excluding carboxylic acids is 1. The number of halogens is 3. The largest absolute Gasteiger partial charge is 0.416 e. The van der Waals surface area contributed by atoms with E-state index in [4.69, 9.17) is 0 Å². The van der Waals surface area contributed by atoms with Gasteiger partial charge in [-0.25, -0.2) is 4.98 Å². The molecule has 1 unspecified atom stereocenters. The second-order valence-corrected chi connectivity index (χ2v) is 9.04. The summed E-state index contributed by atoms with van der Waals surface area (Å²) in [6.07, 6.45) is 0.896. The number of hydrogen-bond donors (Lipinski definition) is 2. The smallest absolute Gasteiger partial charge is 0.342 e. The minimum Gasteiger partial charge on any atom is -0.342 e. The number of nitrogens with zero attached hydrogens (tertiary/aromatic N) is 3. The second kappa shape index (κ2) is 9.20. The number of piperidine rings is 1. The lowest BCUT2D eigenvalue weighted by molar-refractivity contribution is -0.137. The van der Waals surface area contributed by atoms with Crippen molar-refractivity contribution in [3.8, 4) is 11.1 Å². The van der Waals surface area contributed by atoms with Gasteiger partial charge in [-0.15, -0.1) is 0 Å². The van der Waals surface area contributed by atoms with Crippen LogP contribution in [-0.2, 0) is 17.4 Å². The number of fused-ring (bicyclic) bond motifs is 1. The van der Waals surface area contributed by atoms with Crippen LogP contribution in [0.5, 0.6) is 0 Å². The Morgan fingerprint density at radius 3 is 2.71 bits per heavy atom. The Hall–Kier alpha value is -3.62. The third-order valence-electron chi connectivity index (χ3n) is 6.64. The summed E-state index contributed by atoms with van der Waals surface area (Å²) < 4.78 is 38.9. The van der Waals surface area contributed by atoms with E-state index < -0.39 is 11.7 Å². The molecule has 1 aliphatic heterocycles. The van der Waals surface area contributed by atoms with Crippen molar-refractivity contribution < 1.29 is 18.0 Å². The number of benzene rings is 2. The fourth-order valence-corrected chi connectivity index (χ4v) is 4.88. The lowest BCUT2D eigenvalue weighted by Crippen LogP contribution is -2.39. The molecule has 1 atom stereocenters. The van der Waals surface area contributed by atoms with Gasteiger partial charge < -0.3 is 9.88 Å². The summed E-state index contributed by atoms with van der Waals surface area (Å²) >= 11 is 0. The highest BCUT2D eigenvalue weighted by Gasteiger charge is 2.32. The summed E-state index contributed by atoms with van der Waals surface area (Å²) in [6.45, 7) is 2.56. The molecule has 2 aromatic carbocycles. The van der Waals surface area contributed by atoms with Gasteiger partial charge in [0.05, 0.1) is 34.5 Å². The number of H-pyrrole nitrogens is 2. The van der Waals surface area contributed by atoms with Crippen LogP contribution in [-0.4, -0.2) is 37.5 Å². The van der Waals surface area contributed by atoms with E-state index in [9.17, 15) is 18.0 Å². The van der Waals surface area contributed by atoms with Crippen LogP contribution in [0.3, 0.4) is 0 Å². The molecule has 2 N–H and O–H groups in total. The van der Waals surface area contributed by atoms with Crippen LogP contribution in [0.4, 0.5) is 13.2 Å². The molecular weight excluding hydrogens is 455 g/mol. The zero-order valence-corrected chi connectivity index (χ0v) is 19.3. The minimum absolute atomic E-state index is 0.0588. The van der Waals surface area contributed by atoms with Gasteiger partial charge in [0.2, 0.25) is 5.91 Å². The quantitative estimate of drug-likeness (QED) is 0.369. The van der Waals surface area contributed by atoms with Gasteiger partial charge in [-0.3, -0.25) is 9.89 Å². The maximum absolute atomic E-state index is 13.3. The number of carbonyl (C=O) groups is 1. The molecule has 0 spiro atoms. The Bertz CT molecular complexity index is 1340. The third-order valence-corrected chi connectivity index (χ3v) is 6.64. The Morgan fingerprint density at radius 1 is 1.14 bits per heavy atom. The minimum atomic E-state index is -4.38. The normalized spacial score (nSPS) is 16.7. The second-order valence-electron chi connectivity index (χ2n) is 9.04. The molecule has 9 heteroatoms. The number of aryl methyl sites for hydroxylation is 2. The first-order chi connectivity index (χ1) is 16.8. The summed E-state index contributed by atoms with van der Waals surface area (Å²) in [7, 11) is 0. The van der Waals surface area contributed by atoms with Crippen LogP contribution < -0.4 is 0 Å². The summed E-state index contributed by atoms with van der Waals surface area (Å²) in [5, 5.41) is 7.19. The third kappa shape index (κ3) is 4.80. The van der Waals surface area contributed by atoms with E-state index in [1.807, 2.05) is 30.0 Å². The van der Waals surface area contributed by atoms with Gasteiger partial charge in [0.15, 0.2) is 0 Å². The number of nitrogens with one attached hydrogen (secondary N) is 2. The van der Waals surface area contributed by atoms with Crippen molar-refractivity contribution in [2.75, 3.05) is 6.54 Å². The molecule has 1 fully saturated rings. The average Bonchev–Trinajstić information content (AvgIpc) is 3.47. The van der Waals surface area contributed by atoms with Crippen molar-refractivity contribution in [3.63, 3.8) is 0 Å². The molecule has 2 aromatic heterocycles. The number of alkyl halides is 3. The van der Waals surface area contributed by atoms with Crippen LogP contribution in [0, 0.1) is 6.92 Å². The molecule has 5 rings (SSSR count). The van der Waals surface area contributed by atoms with Gasteiger partial charge in [0.1, 0.15) is 5.82 Å². The first-order valence-corrected chi connectivity index (χ1v) is 11.8. The van der Waals surface area contributed by atoms with Gasteiger partial charge in [-0.2, -0.15) is 18.3 Å². The number of aromatic nitrogens is 4. The molecule has 1 amide bonds. The molecule has 1 aliphatic rings. The number of imidazole rings is 1. The SMILES string of the molecule is Cc1nc2ccc(CCC(=O)N3CCCCC3c3[nH]ncc3-c3ccc(C(F)(F)F)cc3)cc2[nH]1. The summed E-state index contributed by atoms with van der Waals surface area (Å²) in [5.74, 6) is 0.913. The van der Waals surface area contributed by atoms with Crippen LogP contribution in [0.1, 0.15) is 54.4 Å². The number of aromatic amines is 2. The van der Waals surface area contributed by atoms with Gasteiger partial charge in [0, 0.05) is 18.5 Å². The molecule has 0 saturated carbocycles. The van der Waals surface area contributed by atoms with E-state index in [1.165, 1.54) is 12.1 Å². The Kier molecular flexibility index (Phi) is 6.08. The lowest BCUT2D eigenvalue weighted by Gasteiger charge is -2.36. The van der Waals surface area contributed by atoms with Crippen molar-refractivity contribution in [1.82, 2.24) is 25.1 Å². The molecule has 0 radical (unpaired) electrons. The number of hydrogen-bond acceptors (Lipinski definition) is 3. The maximum Gasteiger partial charge on any atom is 0.416 e. The van der Waals surface area contributed by atoms with Crippen molar-refractivity contribution >= 4 is 16.9 Å². The lowest BCUT2D eigenvalue weighted by atomic mass is 9.93. The van der Waals surface area contributed by atoms with Crippen LogP contribution >= 0.6 is 0 Å². The van der Waals surface area contributed by atoms with E-state index >= 15 is 0 Å². The molecule has 0 bridgehead atoms. The maximum atomic E-state index is 13.3. The van der Waals surface area contributed by atoms with Gasteiger partial charge >= 0.3 is 6.18 Å². The van der Waals surface area contributed by atoms with Gasteiger partial charge in [-0.1, -0.05) is 18.2 Å². The molecule has 182 valence electrons. The molecule has 4 aromatic rings. The zero-order valence-electron chi connectivity index (χ0n) is 19.3. The predicted molar refractivity (Wildman–Crippen MR) is 126 cm³/mol. The summed E-state index contributed by atoms with van der Waals surface area (Å²) in [5.41, 5.74) is 4.38. The van der Waals surface area contributed by atoms with Crippen LogP contribution in [0.15, 0.2) is 48.7 Å². The Balaban J connectivity index is 1.33. The molecule has 1 saturated heterocycles. The molecule has 6 nitrogen and oxygen atoms in total. The fraction of sp³-hybridized carbons (Fsp3) is 0.346.